The van der Waals surface area contributed by atoms with Crippen LogP contribution in [-0.2, 0) is 0 Å². The van der Waals surface area contributed by atoms with Crippen molar-refractivity contribution >= 4 is 22.9 Å². The lowest BCUT2D eigenvalue weighted by Crippen LogP contribution is -1.93. The fraction of sp³-hybridized carbons (Fsp3) is 0. The summed E-state index contributed by atoms with van der Waals surface area (Å²) < 4.78 is 0. The molecular formula is C23H16N2O. The molecule has 26 heavy (non-hydrogen) atoms. The fourth-order valence-corrected chi connectivity index (χ4v) is 2.81. The van der Waals surface area contributed by atoms with Gasteiger partial charge in [0.05, 0.1) is 11.0 Å². The normalized spacial score (nSPS) is 11.1. The molecule has 1 aromatic heterocycles. The van der Waals surface area contributed by atoms with Crippen LogP contribution in [0.15, 0.2) is 91.3 Å². The number of carbonyl (C=O) groups excluding carboxylic acids is 1. The number of rotatable bonds is 4. The van der Waals surface area contributed by atoms with Gasteiger partial charge in [-0.3, -0.25) is 14.8 Å². The largest absolute Gasteiger partial charge is 0.289 e. The molecule has 0 bridgehead atoms. The lowest BCUT2D eigenvalue weighted by Gasteiger charge is -2.02. The van der Waals surface area contributed by atoms with E-state index >= 15 is 0 Å². The Morgan fingerprint density at radius 3 is 2.19 bits per heavy atom. The van der Waals surface area contributed by atoms with Crippen LogP contribution in [0, 0.1) is 0 Å². The van der Waals surface area contributed by atoms with E-state index in [4.69, 9.17) is 0 Å². The summed E-state index contributed by atoms with van der Waals surface area (Å²) in [5, 5.41) is 0. The Hall–Kier alpha value is -3.59. The first-order valence-corrected chi connectivity index (χ1v) is 8.38. The molecular weight excluding hydrogens is 320 g/mol. The average Bonchev–Trinajstić information content (AvgIpc) is 2.72. The second-order valence-electron chi connectivity index (χ2n) is 5.95. The summed E-state index contributed by atoms with van der Waals surface area (Å²) in [6.45, 7) is 0. The highest BCUT2D eigenvalue weighted by Gasteiger charge is 2.03. The number of nitrogens with zero attached hydrogens (tertiary/aromatic N) is 2. The summed E-state index contributed by atoms with van der Waals surface area (Å²) in [6.07, 6.45) is 6.73. The van der Waals surface area contributed by atoms with Crippen molar-refractivity contribution in [2.45, 2.75) is 0 Å². The van der Waals surface area contributed by atoms with Crippen LogP contribution in [0.2, 0.25) is 0 Å². The van der Waals surface area contributed by atoms with Gasteiger partial charge in [-0.05, 0) is 34.9 Å². The zero-order valence-electron chi connectivity index (χ0n) is 14.0. The minimum Gasteiger partial charge on any atom is -0.289 e. The topological polar surface area (TPSA) is 42.9 Å². The maximum atomic E-state index is 12.4. The first kappa shape index (κ1) is 15.9. The maximum Gasteiger partial charge on any atom is 0.185 e. The summed E-state index contributed by atoms with van der Waals surface area (Å²) in [5.74, 6) is -0.0242. The average molecular weight is 336 g/mol. The number of carbonyl (C=O) groups is 1. The highest BCUT2D eigenvalue weighted by Crippen LogP contribution is 2.20. The highest BCUT2D eigenvalue weighted by molar-refractivity contribution is 6.07. The van der Waals surface area contributed by atoms with Gasteiger partial charge in [0, 0.05) is 18.0 Å². The summed E-state index contributed by atoms with van der Waals surface area (Å²) >= 11 is 0. The summed E-state index contributed by atoms with van der Waals surface area (Å²) in [4.78, 5) is 20.9. The van der Waals surface area contributed by atoms with Crippen LogP contribution in [-0.4, -0.2) is 15.8 Å². The van der Waals surface area contributed by atoms with E-state index in [0.717, 1.165) is 27.7 Å². The van der Waals surface area contributed by atoms with E-state index in [-0.39, 0.29) is 5.78 Å². The lowest BCUT2D eigenvalue weighted by atomic mass is 10.0. The van der Waals surface area contributed by atoms with Crippen LogP contribution in [0.4, 0.5) is 0 Å². The number of hydrogen-bond donors (Lipinski definition) is 0. The standard InChI is InChI=1S/C23H16N2O/c26-23(13-7-17-6-12-21-22(16-17)25-15-14-24-21)20-10-8-19(9-11-20)18-4-2-1-3-5-18/h1-16H/b13-7+. The molecule has 0 atom stereocenters. The Kier molecular flexibility index (Phi) is 4.35. The molecule has 3 nitrogen and oxygen atoms in total. The van der Waals surface area contributed by atoms with E-state index in [0.29, 0.717) is 5.56 Å². The molecule has 0 fully saturated rings. The Labute approximate surface area is 151 Å². The number of benzene rings is 3. The van der Waals surface area contributed by atoms with Crippen LogP contribution in [0.5, 0.6) is 0 Å². The number of ketones is 1. The molecule has 1 heterocycles. The third-order valence-electron chi connectivity index (χ3n) is 4.20. The van der Waals surface area contributed by atoms with Crippen LogP contribution in [0.1, 0.15) is 15.9 Å². The van der Waals surface area contributed by atoms with Crippen molar-refractivity contribution in [2.75, 3.05) is 0 Å². The molecule has 4 rings (SSSR count). The molecule has 124 valence electrons. The molecule has 0 aliphatic rings. The molecule has 3 heteroatoms. The van der Waals surface area contributed by atoms with Gasteiger partial charge in [0.1, 0.15) is 0 Å². The quantitative estimate of drug-likeness (QED) is 0.380. The second-order valence-corrected chi connectivity index (χ2v) is 5.95. The molecule has 3 aromatic carbocycles. The van der Waals surface area contributed by atoms with Gasteiger partial charge in [0.15, 0.2) is 5.78 Å². The van der Waals surface area contributed by atoms with Gasteiger partial charge in [-0.2, -0.15) is 0 Å². The van der Waals surface area contributed by atoms with Gasteiger partial charge in [0.25, 0.3) is 0 Å². The van der Waals surface area contributed by atoms with Crippen molar-refractivity contribution in [3.05, 3.63) is 102 Å². The van der Waals surface area contributed by atoms with Crippen molar-refractivity contribution in [1.29, 1.82) is 0 Å². The van der Waals surface area contributed by atoms with E-state index in [2.05, 4.69) is 22.1 Å². The van der Waals surface area contributed by atoms with E-state index < -0.39 is 0 Å². The summed E-state index contributed by atoms with van der Waals surface area (Å²) in [7, 11) is 0. The second kappa shape index (κ2) is 7.11. The van der Waals surface area contributed by atoms with E-state index in [9.17, 15) is 4.79 Å². The maximum absolute atomic E-state index is 12.4. The van der Waals surface area contributed by atoms with Crippen molar-refractivity contribution in [3.8, 4) is 11.1 Å². The van der Waals surface area contributed by atoms with E-state index in [1.54, 1.807) is 18.5 Å². The van der Waals surface area contributed by atoms with Gasteiger partial charge in [0.2, 0.25) is 0 Å². The van der Waals surface area contributed by atoms with Crippen molar-refractivity contribution in [3.63, 3.8) is 0 Å². The molecule has 0 radical (unpaired) electrons. The minimum absolute atomic E-state index is 0.0242. The smallest absolute Gasteiger partial charge is 0.185 e. The third kappa shape index (κ3) is 3.42. The minimum atomic E-state index is -0.0242. The summed E-state index contributed by atoms with van der Waals surface area (Å²) in [5.41, 5.74) is 5.48. The monoisotopic (exact) mass is 336 g/mol. The number of fused-ring (bicyclic) bond motifs is 1. The Balaban J connectivity index is 1.52. The first-order chi connectivity index (χ1) is 12.8. The summed E-state index contributed by atoms with van der Waals surface area (Å²) in [6, 6.07) is 23.5. The Morgan fingerprint density at radius 2 is 1.42 bits per heavy atom. The molecule has 0 spiro atoms. The number of allylic oxidation sites excluding steroid dienone is 1. The van der Waals surface area contributed by atoms with Crippen LogP contribution >= 0.6 is 0 Å². The molecule has 0 amide bonds. The predicted octanol–water partition coefficient (Wildman–Crippen LogP) is 5.19. The molecule has 0 saturated carbocycles. The zero-order chi connectivity index (χ0) is 17.8. The number of hydrogen-bond acceptors (Lipinski definition) is 3. The SMILES string of the molecule is O=C(/C=C/c1ccc2nccnc2c1)c1ccc(-c2ccccc2)cc1. The molecule has 0 unspecified atom stereocenters. The zero-order valence-corrected chi connectivity index (χ0v) is 14.0. The van der Waals surface area contributed by atoms with Gasteiger partial charge in [-0.15, -0.1) is 0 Å². The predicted molar refractivity (Wildman–Crippen MR) is 105 cm³/mol. The van der Waals surface area contributed by atoms with Gasteiger partial charge >= 0.3 is 0 Å². The molecule has 0 saturated heterocycles. The van der Waals surface area contributed by atoms with Gasteiger partial charge in [-0.1, -0.05) is 66.7 Å². The molecule has 0 aliphatic heterocycles. The van der Waals surface area contributed by atoms with Crippen molar-refractivity contribution < 1.29 is 4.79 Å². The fourth-order valence-electron chi connectivity index (χ4n) is 2.81. The first-order valence-electron chi connectivity index (χ1n) is 8.38. The highest BCUT2D eigenvalue weighted by atomic mass is 16.1. The van der Waals surface area contributed by atoms with E-state index in [1.807, 2.05) is 66.7 Å². The lowest BCUT2D eigenvalue weighted by molar-refractivity contribution is 0.104. The number of aromatic nitrogens is 2. The molecule has 0 N–H and O–H groups in total. The third-order valence-corrected chi connectivity index (χ3v) is 4.20. The Morgan fingerprint density at radius 1 is 0.731 bits per heavy atom. The van der Waals surface area contributed by atoms with Crippen LogP contribution < -0.4 is 0 Å². The Bertz CT molecular complexity index is 1080. The van der Waals surface area contributed by atoms with Gasteiger partial charge in [-0.25, -0.2) is 0 Å². The van der Waals surface area contributed by atoms with Crippen molar-refractivity contribution in [1.82, 2.24) is 9.97 Å². The van der Waals surface area contributed by atoms with Gasteiger partial charge < -0.3 is 0 Å². The van der Waals surface area contributed by atoms with Crippen LogP contribution in [0.3, 0.4) is 0 Å². The van der Waals surface area contributed by atoms with Crippen LogP contribution in [0.25, 0.3) is 28.2 Å². The molecule has 4 aromatic rings. The van der Waals surface area contributed by atoms with E-state index in [1.165, 1.54) is 0 Å². The van der Waals surface area contributed by atoms with Crippen molar-refractivity contribution in [2.24, 2.45) is 0 Å². The molecule has 0 aliphatic carbocycles.